The number of hydrogen-bond donors (Lipinski definition) is 1. The van der Waals surface area contributed by atoms with Gasteiger partial charge in [-0.1, -0.05) is 26.0 Å². The zero-order chi connectivity index (χ0) is 20.5. The molecule has 1 amide bonds. The standard InChI is InChI=1S/C19H25N5O3S/c1-13(2)15-4-6-16(7-5-15)28(26,27)17-12-21-19(22-18(17)20)24-10-8-23(9-11-24)14(3)25/h4-7,12-13H,8-11H2,1-3H3,(H2,20,21,22). The van der Waals surface area contributed by atoms with E-state index in [1.807, 2.05) is 18.7 Å². The van der Waals surface area contributed by atoms with Crippen LogP contribution in [0.5, 0.6) is 0 Å². The van der Waals surface area contributed by atoms with Gasteiger partial charge in [0, 0.05) is 33.1 Å². The number of nitrogens with zero attached hydrogens (tertiary/aromatic N) is 4. The van der Waals surface area contributed by atoms with Gasteiger partial charge in [0.15, 0.2) is 0 Å². The van der Waals surface area contributed by atoms with E-state index >= 15 is 0 Å². The molecule has 0 atom stereocenters. The quantitative estimate of drug-likeness (QED) is 0.827. The molecule has 0 unspecified atom stereocenters. The van der Waals surface area contributed by atoms with Crippen molar-refractivity contribution >= 4 is 27.5 Å². The van der Waals surface area contributed by atoms with Crippen LogP contribution >= 0.6 is 0 Å². The summed E-state index contributed by atoms with van der Waals surface area (Å²) in [5, 5.41) is 0. The molecular formula is C19H25N5O3S. The summed E-state index contributed by atoms with van der Waals surface area (Å²) < 4.78 is 25.8. The van der Waals surface area contributed by atoms with E-state index in [4.69, 9.17) is 5.73 Å². The fraction of sp³-hybridized carbons (Fsp3) is 0.421. The van der Waals surface area contributed by atoms with Crippen molar-refractivity contribution in [1.82, 2.24) is 14.9 Å². The largest absolute Gasteiger partial charge is 0.382 e. The molecule has 1 fully saturated rings. The average Bonchev–Trinajstić information content (AvgIpc) is 2.67. The van der Waals surface area contributed by atoms with Crippen LogP contribution in [0, 0.1) is 0 Å². The summed E-state index contributed by atoms with van der Waals surface area (Å²) in [4.78, 5) is 23.6. The SMILES string of the molecule is CC(=O)N1CCN(c2ncc(S(=O)(=O)c3ccc(C(C)C)cc3)c(N)n2)CC1. The minimum atomic E-state index is -3.80. The van der Waals surface area contributed by atoms with Crippen LogP contribution in [0.25, 0.3) is 0 Å². The highest BCUT2D eigenvalue weighted by atomic mass is 32.2. The van der Waals surface area contributed by atoms with Crippen molar-refractivity contribution in [3.05, 3.63) is 36.0 Å². The summed E-state index contributed by atoms with van der Waals surface area (Å²) in [7, 11) is -3.80. The molecule has 0 radical (unpaired) electrons. The van der Waals surface area contributed by atoms with Crippen LogP contribution in [-0.2, 0) is 14.6 Å². The third-order valence-corrected chi connectivity index (χ3v) is 6.71. The van der Waals surface area contributed by atoms with Gasteiger partial charge in [-0.3, -0.25) is 4.79 Å². The molecule has 9 heteroatoms. The van der Waals surface area contributed by atoms with Crippen LogP contribution in [0.2, 0.25) is 0 Å². The molecule has 0 spiro atoms. The summed E-state index contributed by atoms with van der Waals surface area (Å²) in [5.41, 5.74) is 7.04. The summed E-state index contributed by atoms with van der Waals surface area (Å²) in [5.74, 6) is 0.639. The van der Waals surface area contributed by atoms with Crippen molar-refractivity contribution in [1.29, 1.82) is 0 Å². The lowest BCUT2D eigenvalue weighted by molar-refractivity contribution is -0.129. The van der Waals surface area contributed by atoms with Gasteiger partial charge in [-0.05, 0) is 23.6 Å². The van der Waals surface area contributed by atoms with Crippen LogP contribution < -0.4 is 10.6 Å². The van der Waals surface area contributed by atoms with E-state index < -0.39 is 9.84 Å². The first-order chi connectivity index (χ1) is 13.2. The van der Waals surface area contributed by atoms with E-state index in [1.54, 1.807) is 29.2 Å². The van der Waals surface area contributed by atoms with Gasteiger partial charge >= 0.3 is 0 Å². The fourth-order valence-corrected chi connectivity index (χ4v) is 4.37. The van der Waals surface area contributed by atoms with E-state index in [2.05, 4.69) is 9.97 Å². The predicted molar refractivity (Wildman–Crippen MR) is 107 cm³/mol. The summed E-state index contributed by atoms with van der Waals surface area (Å²) in [6, 6.07) is 6.77. The molecule has 2 N–H and O–H groups in total. The fourth-order valence-electron chi connectivity index (χ4n) is 3.11. The van der Waals surface area contributed by atoms with Crippen molar-refractivity contribution < 1.29 is 13.2 Å². The molecule has 150 valence electrons. The number of carbonyl (C=O) groups excluding carboxylic acids is 1. The Morgan fingerprint density at radius 1 is 1.11 bits per heavy atom. The molecule has 3 rings (SSSR count). The van der Waals surface area contributed by atoms with E-state index in [0.29, 0.717) is 38.0 Å². The second kappa shape index (κ2) is 7.75. The maximum atomic E-state index is 12.9. The minimum absolute atomic E-state index is 0.0324. The number of rotatable bonds is 4. The van der Waals surface area contributed by atoms with Crippen molar-refractivity contribution in [2.45, 2.75) is 36.5 Å². The molecule has 1 aromatic heterocycles. The third kappa shape index (κ3) is 3.94. The number of benzene rings is 1. The van der Waals surface area contributed by atoms with Gasteiger partial charge in [-0.2, -0.15) is 4.98 Å². The molecule has 1 aromatic carbocycles. The number of sulfone groups is 1. The van der Waals surface area contributed by atoms with Crippen molar-refractivity contribution in [3.63, 3.8) is 0 Å². The normalized spacial score (nSPS) is 15.1. The van der Waals surface area contributed by atoms with Gasteiger partial charge in [0.05, 0.1) is 11.1 Å². The molecule has 2 aromatic rings. The number of hydrogen-bond acceptors (Lipinski definition) is 7. The van der Waals surface area contributed by atoms with E-state index in [9.17, 15) is 13.2 Å². The van der Waals surface area contributed by atoms with E-state index in [1.165, 1.54) is 13.1 Å². The Kier molecular flexibility index (Phi) is 5.55. The van der Waals surface area contributed by atoms with Crippen molar-refractivity contribution in [2.75, 3.05) is 36.8 Å². The molecular weight excluding hydrogens is 378 g/mol. The second-order valence-electron chi connectivity index (χ2n) is 7.14. The number of amides is 1. The number of aromatic nitrogens is 2. The number of nitrogen functional groups attached to an aromatic ring is 1. The molecule has 0 saturated carbocycles. The molecule has 1 aliphatic heterocycles. The predicted octanol–water partition coefficient (Wildman–Crippen LogP) is 1.68. The number of carbonyl (C=O) groups is 1. The van der Waals surface area contributed by atoms with Gasteiger partial charge < -0.3 is 15.5 Å². The van der Waals surface area contributed by atoms with Crippen LogP contribution in [0.3, 0.4) is 0 Å². The first-order valence-corrected chi connectivity index (χ1v) is 10.7. The maximum Gasteiger partial charge on any atom is 0.227 e. The molecule has 0 aliphatic carbocycles. The number of piperazine rings is 1. The first kappa shape index (κ1) is 20.1. The topological polar surface area (TPSA) is 109 Å². The molecule has 1 aliphatic rings. The summed E-state index contributed by atoms with van der Waals surface area (Å²) >= 11 is 0. The first-order valence-electron chi connectivity index (χ1n) is 9.18. The monoisotopic (exact) mass is 403 g/mol. The highest BCUT2D eigenvalue weighted by molar-refractivity contribution is 7.91. The van der Waals surface area contributed by atoms with Crippen LogP contribution in [-0.4, -0.2) is 55.4 Å². The number of anilines is 2. The second-order valence-corrected chi connectivity index (χ2v) is 9.06. The highest BCUT2D eigenvalue weighted by Crippen LogP contribution is 2.27. The van der Waals surface area contributed by atoms with E-state index in [-0.39, 0.29) is 21.5 Å². The Labute approximate surface area is 165 Å². The lowest BCUT2D eigenvalue weighted by Crippen LogP contribution is -2.48. The average molecular weight is 404 g/mol. The number of nitrogens with two attached hydrogens (primary N) is 1. The van der Waals surface area contributed by atoms with Gasteiger partial charge in [0.1, 0.15) is 10.7 Å². The lowest BCUT2D eigenvalue weighted by Gasteiger charge is -2.34. The molecule has 2 heterocycles. The van der Waals surface area contributed by atoms with Crippen LogP contribution in [0.1, 0.15) is 32.3 Å². The zero-order valence-corrected chi connectivity index (χ0v) is 17.1. The Bertz CT molecular complexity index is 966. The Hall–Kier alpha value is -2.68. The molecule has 8 nitrogen and oxygen atoms in total. The molecule has 1 saturated heterocycles. The Morgan fingerprint density at radius 3 is 2.21 bits per heavy atom. The van der Waals surface area contributed by atoms with Gasteiger partial charge in [0.25, 0.3) is 0 Å². The van der Waals surface area contributed by atoms with Gasteiger partial charge in [-0.25, -0.2) is 13.4 Å². The maximum absolute atomic E-state index is 12.9. The minimum Gasteiger partial charge on any atom is -0.382 e. The van der Waals surface area contributed by atoms with Gasteiger partial charge in [0.2, 0.25) is 21.7 Å². The van der Waals surface area contributed by atoms with Crippen LogP contribution in [0.4, 0.5) is 11.8 Å². The van der Waals surface area contributed by atoms with Gasteiger partial charge in [-0.15, -0.1) is 0 Å². The summed E-state index contributed by atoms with van der Waals surface area (Å²) in [6.45, 7) is 7.91. The Balaban J connectivity index is 1.83. The van der Waals surface area contributed by atoms with Crippen molar-refractivity contribution in [3.8, 4) is 0 Å². The van der Waals surface area contributed by atoms with Crippen molar-refractivity contribution in [2.24, 2.45) is 0 Å². The Morgan fingerprint density at radius 2 is 1.71 bits per heavy atom. The molecule has 28 heavy (non-hydrogen) atoms. The third-order valence-electron chi connectivity index (χ3n) is 4.92. The lowest BCUT2D eigenvalue weighted by atomic mass is 10.0. The van der Waals surface area contributed by atoms with E-state index in [0.717, 1.165) is 5.56 Å². The van der Waals surface area contributed by atoms with Crippen LogP contribution in [0.15, 0.2) is 40.3 Å². The highest BCUT2D eigenvalue weighted by Gasteiger charge is 2.25. The molecule has 0 bridgehead atoms. The zero-order valence-electron chi connectivity index (χ0n) is 16.3. The summed E-state index contributed by atoms with van der Waals surface area (Å²) in [6.07, 6.45) is 1.26. The smallest absolute Gasteiger partial charge is 0.227 e.